The number of nitrogens with one attached hydrogen (secondary N) is 1. The summed E-state index contributed by atoms with van der Waals surface area (Å²) in [5, 5.41) is 3.56. The Kier molecular flexibility index (Phi) is 8.18. The third-order valence-corrected chi connectivity index (χ3v) is 9.16. The second-order valence-electron chi connectivity index (χ2n) is 11.9. The van der Waals surface area contributed by atoms with E-state index in [0.29, 0.717) is 35.5 Å². The summed E-state index contributed by atoms with van der Waals surface area (Å²) in [6, 6.07) is -0.148. The third-order valence-electron chi connectivity index (χ3n) is 9.16. The van der Waals surface area contributed by atoms with Crippen LogP contribution in [0, 0.1) is 35.5 Å². The van der Waals surface area contributed by atoms with Gasteiger partial charge in [0.25, 0.3) is 0 Å². The quantitative estimate of drug-likeness (QED) is 0.606. The van der Waals surface area contributed by atoms with Gasteiger partial charge in [0.05, 0.1) is 6.04 Å². The van der Waals surface area contributed by atoms with Crippen LogP contribution < -0.4 is 11.1 Å². The van der Waals surface area contributed by atoms with Crippen molar-refractivity contribution in [2.45, 2.75) is 109 Å². The summed E-state index contributed by atoms with van der Waals surface area (Å²) in [5.74, 6) is 3.20. The van der Waals surface area contributed by atoms with Crippen LogP contribution in [-0.4, -0.2) is 41.9 Å². The molecule has 5 nitrogen and oxygen atoms in total. The van der Waals surface area contributed by atoms with Crippen molar-refractivity contribution in [3.63, 3.8) is 0 Å². The van der Waals surface area contributed by atoms with Crippen molar-refractivity contribution in [3.05, 3.63) is 0 Å². The van der Waals surface area contributed by atoms with Gasteiger partial charge in [0.2, 0.25) is 11.8 Å². The molecule has 0 unspecified atom stereocenters. The molecule has 5 heteroatoms. The number of amides is 2. The van der Waals surface area contributed by atoms with Gasteiger partial charge >= 0.3 is 0 Å². The molecule has 0 aromatic rings. The van der Waals surface area contributed by atoms with E-state index in [2.05, 4.69) is 19.2 Å². The van der Waals surface area contributed by atoms with Crippen molar-refractivity contribution in [2.75, 3.05) is 13.1 Å². The minimum atomic E-state index is -0.385. The van der Waals surface area contributed by atoms with Crippen molar-refractivity contribution < 1.29 is 9.59 Å². The van der Waals surface area contributed by atoms with E-state index in [4.69, 9.17) is 5.73 Å². The minimum absolute atomic E-state index is 0.112. The number of rotatable bonds is 7. The van der Waals surface area contributed by atoms with Gasteiger partial charge in [-0.25, -0.2) is 0 Å². The molecule has 4 fully saturated rings. The molecule has 182 valence electrons. The van der Waals surface area contributed by atoms with Crippen molar-refractivity contribution in [3.8, 4) is 0 Å². The maximum Gasteiger partial charge on any atom is 0.239 e. The second-order valence-corrected chi connectivity index (χ2v) is 11.9. The van der Waals surface area contributed by atoms with Crippen LogP contribution in [0.1, 0.15) is 97.3 Å². The number of carbonyl (C=O) groups excluding carboxylic acids is 2. The number of nitrogens with two attached hydrogens (primary N) is 1. The molecule has 4 aliphatic rings. The molecule has 0 bridgehead atoms. The molecule has 1 heterocycles. The fourth-order valence-electron chi connectivity index (χ4n) is 7.55. The molecule has 0 spiro atoms. The molecule has 3 saturated carbocycles. The minimum Gasteiger partial charge on any atom is -0.353 e. The van der Waals surface area contributed by atoms with Gasteiger partial charge in [0.1, 0.15) is 0 Å². The molecular formula is C27H47N3O2. The number of hydrogen-bond donors (Lipinski definition) is 2. The summed E-state index contributed by atoms with van der Waals surface area (Å²) < 4.78 is 0. The first-order valence-corrected chi connectivity index (χ1v) is 13.8. The predicted octanol–water partition coefficient (Wildman–Crippen LogP) is 4.49. The standard InChI is InChI=1S/C27H47N3O2/c1-18(2)15-23(28)27(32)30-16-21-13-14-24(22(21)17-30)29-26(31)25(19-9-5-3-6-10-19)20-11-7-4-8-12-20/h18-25H,3-17,28H2,1-2H3,(H,29,31)/t21-,22+,23+,24+/m0/s1. The molecule has 4 atom stereocenters. The van der Waals surface area contributed by atoms with Gasteiger partial charge in [0, 0.05) is 31.0 Å². The molecule has 32 heavy (non-hydrogen) atoms. The van der Waals surface area contributed by atoms with Crippen LogP contribution >= 0.6 is 0 Å². The molecule has 3 aliphatic carbocycles. The smallest absolute Gasteiger partial charge is 0.239 e. The molecular weight excluding hydrogens is 398 g/mol. The fraction of sp³-hybridized carbons (Fsp3) is 0.926. The van der Waals surface area contributed by atoms with E-state index < -0.39 is 0 Å². The van der Waals surface area contributed by atoms with Crippen molar-refractivity contribution >= 4 is 11.8 Å². The Labute approximate surface area is 195 Å². The number of carbonyl (C=O) groups is 2. The molecule has 0 aromatic carbocycles. The van der Waals surface area contributed by atoms with Crippen LogP contribution in [0.5, 0.6) is 0 Å². The summed E-state index contributed by atoms with van der Waals surface area (Å²) in [7, 11) is 0. The summed E-state index contributed by atoms with van der Waals surface area (Å²) in [5.41, 5.74) is 6.21. The topological polar surface area (TPSA) is 75.4 Å². The third kappa shape index (κ3) is 5.51. The van der Waals surface area contributed by atoms with Crippen molar-refractivity contribution in [1.29, 1.82) is 0 Å². The lowest BCUT2D eigenvalue weighted by Crippen LogP contribution is -2.48. The second kappa shape index (κ2) is 10.9. The highest BCUT2D eigenvalue weighted by atomic mass is 16.2. The highest BCUT2D eigenvalue weighted by Crippen LogP contribution is 2.42. The van der Waals surface area contributed by atoms with Crippen molar-refractivity contribution in [1.82, 2.24) is 10.2 Å². The molecule has 1 saturated heterocycles. The molecule has 0 radical (unpaired) electrons. The summed E-state index contributed by atoms with van der Waals surface area (Å²) in [6.45, 7) is 5.84. The van der Waals surface area contributed by atoms with Gasteiger partial charge in [-0.2, -0.15) is 0 Å². The molecule has 4 rings (SSSR count). The normalized spacial score (nSPS) is 30.7. The highest BCUT2D eigenvalue weighted by molar-refractivity contribution is 5.82. The Bertz CT molecular complexity index is 621. The molecule has 1 aliphatic heterocycles. The monoisotopic (exact) mass is 445 g/mol. The van der Waals surface area contributed by atoms with Gasteiger partial charge < -0.3 is 16.0 Å². The van der Waals surface area contributed by atoms with Crippen LogP contribution in [0.4, 0.5) is 0 Å². The van der Waals surface area contributed by atoms with E-state index in [-0.39, 0.29) is 23.9 Å². The van der Waals surface area contributed by atoms with E-state index in [0.717, 1.165) is 32.4 Å². The lowest BCUT2D eigenvalue weighted by atomic mass is 9.69. The molecule has 2 amide bonds. The van der Waals surface area contributed by atoms with Gasteiger partial charge in [-0.05, 0) is 68.6 Å². The largest absolute Gasteiger partial charge is 0.353 e. The molecule has 3 N–H and O–H groups in total. The van der Waals surface area contributed by atoms with Crippen LogP contribution in [0.15, 0.2) is 0 Å². The Morgan fingerprint density at radius 3 is 2.03 bits per heavy atom. The number of likely N-dealkylation sites (tertiary alicyclic amines) is 1. The average molecular weight is 446 g/mol. The highest BCUT2D eigenvalue weighted by Gasteiger charge is 2.46. The average Bonchev–Trinajstić information content (AvgIpc) is 3.36. The Morgan fingerprint density at radius 1 is 0.875 bits per heavy atom. The zero-order chi connectivity index (χ0) is 22.7. The van der Waals surface area contributed by atoms with E-state index in [1.54, 1.807) is 0 Å². The fourth-order valence-corrected chi connectivity index (χ4v) is 7.55. The van der Waals surface area contributed by atoms with E-state index in [1.807, 2.05) is 4.90 Å². The van der Waals surface area contributed by atoms with Gasteiger partial charge in [0.15, 0.2) is 0 Å². The molecule has 0 aromatic heterocycles. The zero-order valence-electron chi connectivity index (χ0n) is 20.6. The van der Waals surface area contributed by atoms with E-state index in [9.17, 15) is 9.59 Å². The Hall–Kier alpha value is -1.10. The summed E-state index contributed by atoms with van der Waals surface area (Å²) in [4.78, 5) is 28.6. The first-order valence-electron chi connectivity index (χ1n) is 13.8. The van der Waals surface area contributed by atoms with Gasteiger partial charge in [-0.15, -0.1) is 0 Å². The van der Waals surface area contributed by atoms with E-state index in [1.165, 1.54) is 64.2 Å². The van der Waals surface area contributed by atoms with Gasteiger partial charge in [-0.3, -0.25) is 9.59 Å². The number of hydrogen-bond acceptors (Lipinski definition) is 3. The number of fused-ring (bicyclic) bond motifs is 1. The van der Waals surface area contributed by atoms with E-state index >= 15 is 0 Å². The Morgan fingerprint density at radius 2 is 1.47 bits per heavy atom. The zero-order valence-corrected chi connectivity index (χ0v) is 20.6. The summed E-state index contributed by atoms with van der Waals surface area (Å²) in [6.07, 6.45) is 15.7. The van der Waals surface area contributed by atoms with Crippen LogP contribution in [0.25, 0.3) is 0 Å². The predicted molar refractivity (Wildman–Crippen MR) is 129 cm³/mol. The van der Waals surface area contributed by atoms with Crippen LogP contribution in [0.3, 0.4) is 0 Å². The lowest BCUT2D eigenvalue weighted by molar-refractivity contribution is -0.132. The maximum absolute atomic E-state index is 13.7. The SMILES string of the molecule is CC(C)C[C@@H](N)C(=O)N1C[C@@H]2CC[C@@H](NC(=O)C(C3CCCCC3)C3CCCCC3)[C@@H]2C1. The van der Waals surface area contributed by atoms with Crippen LogP contribution in [-0.2, 0) is 9.59 Å². The van der Waals surface area contributed by atoms with Crippen molar-refractivity contribution in [2.24, 2.45) is 41.2 Å². The summed E-state index contributed by atoms with van der Waals surface area (Å²) >= 11 is 0. The maximum atomic E-state index is 13.7. The number of nitrogens with zero attached hydrogens (tertiary/aromatic N) is 1. The first-order chi connectivity index (χ1) is 15.4. The lowest BCUT2D eigenvalue weighted by Gasteiger charge is -2.37. The Balaban J connectivity index is 1.38. The van der Waals surface area contributed by atoms with Crippen LogP contribution in [0.2, 0.25) is 0 Å². The van der Waals surface area contributed by atoms with Gasteiger partial charge in [-0.1, -0.05) is 52.4 Å². The first kappa shape index (κ1) is 24.0.